The molecule has 0 aliphatic carbocycles. The molecule has 23 heavy (non-hydrogen) atoms. The van der Waals surface area contributed by atoms with Gasteiger partial charge in [-0.25, -0.2) is 18.4 Å². The van der Waals surface area contributed by atoms with E-state index in [1.165, 1.54) is 29.7 Å². The highest BCUT2D eigenvalue weighted by Gasteiger charge is 2.24. The van der Waals surface area contributed by atoms with Gasteiger partial charge in [0.1, 0.15) is 0 Å². The number of primary sulfonamides is 1. The van der Waals surface area contributed by atoms with E-state index in [0.29, 0.717) is 12.2 Å². The monoisotopic (exact) mass is 352 g/mol. The molecule has 122 valence electrons. The van der Waals surface area contributed by atoms with E-state index in [9.17, 15) is 13.2 Å². The molecule has 2 heterocycles. The molecule has 0 bridgehead atoms. The summed E-state index contributed by atoms with van der Waals surface area (Å²) in [6, 6.07) is 6.38. The van der Waals surface area contributed by atoms with Crippen LogP contribution in [0.25, 0.3) is 0 Å². The van der Waals surface area contributed by atoms with E-state index in [1.54, 1.807) is 17.4 Å². The van der Waals surface area contributed by atoms with Crippen LogP contribution in [-0.2, 0) is 27.7 Å². The molecule has 0 saturated carbocycles. The lowest BCUT2D eigenvalue weighted by Gasteiger charge is -2.30. The summed E-state index contributed by atoms with van der Waals surface area (Å²) in [4.78, 5) is 15.4. The van der Waals surface area contributed by atoms with Crippen molar-refractivity contribution < 1.29 is 17.9 Å². The van der Waals surface area contributed by atoms with Gasteiger partial charge in [-0.3, -0.25) is 0 Å². The maximum absolute atomic E-state index is 12.1. The number of methoxy groups -OCH3 is 1. The van der Waals surface area contributed by atoms with E-state index >= 15 is 0 Å². The quantitative estimate of drug-likeness (QED) is 0.850. The molecule has 0 radical (unpaired) electrons. The number of fused-ring (bicyclic) bond motifs is 1. The van der Waals surface area contributed by atoms with Crippen LogP contribution in [0.3, 0.4) is 0 Å². The minimum atomic E-state index is -3.88. The van der Waals surface area contributed by atoms with Crippen LogP contribution in [0.5, 0.6) is 0 Å². The highest BCUT2D eigenvalue weighted by molar-refractivity contribution is 7.89. The number of nitrogens with two attached hydrogens (primary N) is 1. The van der Waals surface area contributed by atoms with Crippen molar-refractivity contribution >= 4 is 33.0 Å². The van der Waals surface area contributed by atoms with E-state index in [4.69, 9.17) is 9.88 Å². The highest BCUT2D eigenvalue weighted by Crippen LogP contribution is 2.31. The molecule has 0 spiro atoms. The molecule has 1 aliphatic rings. The van der Waals surface area contributed by atoms with Gasteiger partial charge in [-0.05, 0) is 41.6 Å². The Bertz CT molecular complexity index is 858. The molecule has 0 fully saturated rings. The van der Waals surface area contributed by atoms with Gasteiger partial charge in [-0.1, -0.05) is 0 Å². The number of anilines is 1. The number of hydrogen-bond acceptors (Lipinski definition) is 6. The van der Waals surface area contributed by atoms with Crippen LogP contribution < -0.4 is 10.0 Å². The maximum Gasteiger partial charge on any atom is 0.340 e. The van der Waals surface area contributed by atoms with Crippen molar-refractivity contribution in [3.05, 3.63) is 45.6 Å². The molecule has 8 heteroatoms. The summed E-state index contributed by atoms with van der Waals surface area (Å²) in [7, 11) is -2.61. The summed E-state index contributed by atoms with van der Waals surface area (Å²) in [6.45, 7) is 1.43. The number of carbonyl (C=O) groups is 1. The van der Waals surface area contributed by atoms with Crippen molar-refractivity contribution in [2.45, 2.75) is 17.9 Å². The number of rotatable bonds is 3. The van der Waals surface area contributed by atoms with Crippen molar-refractivity contribution in [1.29, 1.82) is 0 Å². The number of sulfonamides is 1. The van der Waals surface area contributed by atoms with E-state index in [2.05, 4.69) is 11.4 Å². The molecule has 3 rings (SSSR count). The van der Waals surface area contributed by atoms with Crippen LogP contribution in [0.15, 0.2) is 34.5 Å². The predicted molar refractivity (Wildman–Crippen MR) is 88.2 cm³/mol. The van der Waals surface area contributed by atoms with Crippen LogP contribution >= 0.6 is 11.3 Å². The SMILES string of the molecule is COC(=O)c1cc(S(N)(=O)=O)ccc1N1CCc2sccc2C1. The summed E-state index contributed by atoms with van der Waals surface area (Å²) in [5.74, 6) is -0.582. The van der Waals surface area contributed by atoms with Crippen LogP contribution in [0.4, 0.5) is 5.69 Å². The van der Waals surface area contributed by atoms with Gasteiger partial charge in [-0.2, -0.15) is 0 Å². The molecule has 2 N–H and O–H groups in total. The Morgan fingerprint density at radius 1 is 1.35 bits per heavy atom. The molecule has 0 amide bonds. The third kappa shape index (κ3) is 3.10. The fourth-order valence-corrected chi connectivity index (χ4v) is 4.12. The van der Waals surface area contributed by atoms with Gasteiger partial charge in [-0.15, -0.1) is 11.3 Å². The molecular weight excluding hydrogens is 336 g/mol. The zero-order valence-electron chi connectivity index (χ0n) is 12.5. The Labute approximate surface area is 138 Å². The largest absolute Gasteiger partial charge is 0.465 e. The van der Waals surface area contributed by atoms with Gasteiger partial charge in [0.05, 0.1) is 23.3 Å². The number of carbonyl (C=O) groups excluding carboxylic acids is 1. The second-order valence-corrected chi connectivity index (χ2v) is 7.82. The Kier molecular flexibility index (Phi) is 4.13. The molecule has 0 atom stereocenters. The van der Waals surface area contributed by atoms with E-state index in [1.807, 2.05) is 4.90 Å². The first-order chi connectivity index (χ1) is 10.9. The Hall–Kier alpha value is -1.90. The van der Waals surface area contributed by atoms with Crippen LogP contribution in [0.1, 0.15) is 20.8 Å². The summed E-state index contributed by atoms with van der Waals surface area (Å²) in [5, 5.41) is 7.21. The molecule has 2 aromatic rings. The maximum atomic E-state index is 12.1. The average Bonchev–Trinajstić information content (AvgIpc) is 3.00. The van der Waals surface area contributed by atoms with Crippen molar-refractivity contribution in [3.63, 3.8) is 0 Å². The minimum Gasteiger partial charge on any atom is -0.465 e. The topological polar surface area (TPSA) is 89.7 Å². The lowest BCUT2D eigenvalue weighted by atomic mass is 10.1. The van der Waals surface area contributed by atoms with Crippen LogP contribution in [0, 0.1) is 0 Å². The van der Waals surface area contributed by atoms with Crippen molar-refractivity contribution in [2.75, 3.05) is 18.6 Å². The fraction of sp³-hybridized carbons (Fsp3) is 0.267. The molecule has 0 unspecified atom stereocenters. The molecule has 0 saturated heterocycles. The Balaban J connectivity index is 2.03. The van der Waals surface area contributed by atoms with Crippen LogP contribution in [-0.4, -0.2) is 28.0 Å². The predicted octanol–water partition coefficient (Wildman–Crippen LogP) is 1.74. The molecule has 1 aliphatic heterocycles. The minimum absolute atomic E-state index is 0.102. The van der Waals surface area contributed by atoms with Gasteiger partial charge in [0.2, 0.25) is 10.0 Å². The number of hydrogen-bond donors (Lipinski definition) is 1. The number of nitrogens with zero attached hydrogens (tertiary/aromatic N) is 1. The summed E-state index contributed by atoms with van der Waals surface area (Å²) < 4.78 is 27.8. The molecular formula is C15H16N2O4S2. The Morgan fingerprint density at radius 2 is 2.13 bits per heavy atom. The fourth-order valence-electron chi connectivity index (χ4n) is 2.70. The van der Waals surface area contributed by atoms with Gasteiger partial charge >= 0.3 is 5.97 Å². The molecule has 1 aromatic carbocycles. The summed E-state index contributed by atoms with van der Waals surface area (Å²) >= 11 is 1.73. The highest BCUT2D eigenvalue weighted by atomic mass is 32.2. The number of benzene rings is 1. The zero-order valence-corrected chi connectivity index (χ0v) is 14.1. The van der Waals surface area contributed by atoms with E-state index < -0.39 is 16.0 Å². The Morgan fingerprint density at radius 3 is 2.83 bits per heavy atom. The number of ether oxygens (including phenoxy) is 1. The third-order valence-electron chi connectivity index (χ3n) is 3.85. The van der Waals surface area contributed by atoms with Crippen molar-refractivity contribution in [3.8, 4) is 0 Å². The van der Waals surface area contributed by atoms with Gasteiger partial charge in [0.25, 0.3) is 0 Å². The standard InChI is InChI=1S/C15H16N2O4S2/c1-21-15(18)12-8-11(23(16,19)20)2-3-13(12)17-6-4-14-10(9-17)5-7-22-14/h2-3,5,7-8H,4,6,9H2,1H3,(H2,16,19,20). The zero-order chi connectivity index (χ0) is 16.6. The van der Waals surface area contributed by atoms with Crippen molar-refractivity contribution in [2.24, 2.45) is 5.14 Å². The number of esters is 1. The van der Waals surface area contributed by atoms with Gasteiger partial charge < -0.3 is 9.64 Å². The second kappa shape index (κ2) is 5.95. The molecule has 1 aromatic heterocycles. The lowest BCUT2D eigenvalue weighted by Crippen LogP contribution is -2.31. The second-order valence-electron chi connectivity index (χ2n) is 5.26. The molecule has 6 nitrogen and oxygen atoms in total. The first-order valence-corrected chi connectivity index (χ1v) is 9.38. The lowest BCUT2D eigenvalue weighted by molar-refractivity contribution is 0.0601. The number of thiophene rings is 1. The third-order valence-corrected chi connectivity index (χ3v) is 5.78. The van der Waals surface area contributed by atoms with Gasteiger partial charge in [0, 0.05) is 18.0 Å². The summed E-state index contributed by atoms with van der Waals surface area (Å²) in [6.07, 6.45) is 0.893. The van der Waals surface area contributed by atoms with E-state index in [0.717, 1.165) is 13.0 Å². The smallest absolute Gasteiger partial charge is 0.340 e. The van der Waals surface area contributed by atoms with Crippen molar-refractivity contribution in [1.82, 2.24) is 0 Å². The van der Waals surface area contributed by atoms with Crippen LogP contribution in [0.2, 0.25) is 0 Å². The summed E-state index contributed by atoms with van der Waals surface area (Å²) in [5.41, 5.74) is 2.09. The van der Waals surface area contributed by atoms with Gasteiger partial charge in [0.15, 0.2) is 0 Å². The first kappa shape index (κ1) is 16.0. The average molecular weight is 352 g/mol. The van der Waals surface area contributed by atoms with E-state index in [-0.39, 0.29) is 10.5 Å². The normalized spacial score (nSPS) is 14.4. The first-order valence-electron chi connectivity index (χ1n) is 6.95.